The number of halogens is 3. The summed E-state index contributed by atoms with van der Waals surface area (Å²) in [6, 6.07) is 0. The summed E-state index contributed by atoms with van der Waals surface area (Å²) in [6.45, 7) is 3.94. The van der Waals surface area contributed by atoms with Crippen LogP contribution in [0, 0.1) is 5.92 Å². The molecular weight excluding hydrogens is 165 g/mol. The lowest BCUT2D eigenvalue weighted by molar-refractivity contribution is 0.371. The molecule has 0 aliphatic heterocycles. The third-order valence-electron chi connectivity index (χ3n) is 1.26. The standard InChI is InChI=1S/C9H13F3/c1-7(2)5-3-4-6-8(10)9(11)12/h3,5,7H,4,6H2,1-2H3/b5-3-. The molecule has 0 aromatic rings. The van der Waals surface area contributed by atoms with Crippen LogP contribution in [0.3, 0.4) is 0 Å². The van der Waals surface area contributed by atoms with E-state index in [0.29, 0.717) is 12.3 Å². The second-order valence-electron chi connectivity index (χ2n) is 2.88. The van der Waals surface area contributed by atoms with E-state index in [1.165, 1.54) is 0 Å². The zero-order valence-corrected chi connectivity index (χ0v) is 7.28. The molecule has 0 aromatic carbocycles. The topological polar surface area (TPSA) is 0 Å². The maximum atomic E-state index is 12.1. The monoisotopic (exact) mass is 178 g/mol. The van der Waals surface area contributed by atoms with E-state index in [2.05, 4.69) is 0 Å². The van der Waals surface area contributed by atoms with Gasteiger partial charge in [0.25, 0.3) is 0 Å². The highest BCUT2D eigenvalue weighted by Crippen LogP contribution is 2.15. The molecule has 0 saturated heterocycles. The molecule has 3 heteroatoms. The Morgan fingerprint density at radius 2 is 1.83 bits per heavy atom. The van der Waals surface area contributed by atoms with Crippen molar-refractivity contribution in [3.05, 3.63) is 24.1 Å². The first-order valence-corrected chi connectivity index (χ1v) is 3.90. The Bertz CT molecular complexity index is 176. The van der Waals surface area contributed by atoms with Crippen LogP contribution in [-0.4, -0.2) is 0 Å². The number of hydrogen-bond acceptors (Lipinski definition) is 0. The first kappa shape index (κ1) is 11.3. The molecule has 0 nitrogen and oxygen atoms in total. The second kappa shape index (κ2) is 5.86. The largest absolute Gasteiger partial charge is 0.301 e. The summed E-state index contributed by atoms with van der Waals surface area (Å²) in [5, 5.41) is 0. The molecular formula is C9H13F3. The van der Waals surface area contributed by atoms with Gasteiger partial charge in [0.1, 0.15) is 0 Å². The summed E-state index contributed by atoms with van der Waals surface area (Å²) in [6.07, 6.45) is 1.51. The van der Waals surface area contributed by atoms with Crippen LogP contribution in [0.15, 0.2) is 24.1 Å². The summed E-state index contributed by atoms with van der Waals surface area (Å²) in [7, 11) is 0. The van der Waals surface area contributed by atoms with Gasteiger partial charge in [-0.05, 0) is 12.3 Å². The first-order chi connectivity index (χ1) is 5.54. The number of allylic oxidation sites excluding steroid dienone is 3. The molecule has 12 heavy (non-hydrogen) atoms. The van der Waals surface area contributed by atoms with Crippen molar-refractivity contribution in [1.29, 1.82) is 0 Å². The van der Waals surface area contributed by atoms with E-state index in [4.69, 9.17) is 0 Å². The Kier molecular flexibility index (Phi) is 5.51. The molecule has 0 N–H and O–H groups in total. The van der Waals surface area contributed by atoms with Crippen molar-refractivity contribution >= 4 is 0 Å². The number of rotatable bonds is 4. The van der Waals surface area contributed by atoms with E-state index < -0.39 is 11.9 Å². The zero-order chi connectivity index (χ0) is 9.56. The van der Waals surface area contributed by atoms with Crippen LogP contribution in [0.5, 0.6) is 0 Å². The van der Waals surface area contributed by atoms with Gasteiger partial charge in [0, 0.05) is 6.42 Å². The third kappa shape index (κ3) is 6.01. The quantitative estimate of drug-likeness (QED) is 0.569. The van der Waals surface area contributed by atoms with Gasteiger partial charge >= 0.3 is 6.08 Å². The normalized spacial score (nSPS) is 11.2. The summed E-state index contributed by atoms with van der Waals surface area (Å²) in [4.78, 5) is 0. The molecule has 0 radical (unpaired) electrons. The smallest absolute Gasteiger partial charge is 0.206 e. The van der Waals surface area contributed by atoms with Gasteiger partial charge in [0.05, 0.1) is 0 Å². The summed E-state index contributed by atoms with van der Waals surface area (Å²) >= 11 is 0. The lowest BCUT2D eigenvalue weighted by Crippen LogP contribution is -1.79. The van der Waals surface area contributed by atoms with Crippen molar-refractivity contribution in [2.45, 2.75) is 26.7 Å². The fraction of sp³-hybridized carbons (Fsp3) is 0.556. The van der Waals surface area contributed by atoms with Gasteiger partial charge in [0.15, 0.2) is 5.83 Å². The van der Waals surface area contributed by atoms with Crippen molar-refractivity contribution in [3.8, 4) is 0 Å². The fourth-order valence-electron chi connectivity index (χ4n) is 0.673. The molecule has 0 heterocycles. The molecule has 0 saturated carbocycles. The minimum absolute atomic E-state index is 0.203. The van der Waals surface area contributed by atoms with E-state index in [1.807, 2.05) is 19.9 Å². The van der Waals surface area contributed by atoms with Gasteiger partial charge in [-0.25, -0.2) is 4.39 Å². The van der Waals surface area contributed by atoms with Crippen molar-refractivity contribution < 1.29 is 13.2 Å². The summed E-state index contributed by atoms with van der Waals surface area (Å²) in [5.41, 5.74) is 0. The van der Waals surface area contributed by atoms with Crippen LogP contribution in [0.4, 0.5) is 13.2 Å². The summed E-state index contributed by atoms with van der Waals surface area (Å²) in [5.74, 6) is -0.921. The molecule has 0 spiro atoms. The SMILES string of the molecule is CC(C)/C=C\CCC(F)=C(F)F. The minimum Gasteiger partial charge on any atom is -0.206 e. The molecule has 0 rings (SSSR count). The van der Waals surface area contributed by atoms with Crippen molar-refractivity contribution in [1.82, 2.24) is 0 Å². The molecule has 0 aliphatic rings. The molecule has 0 atom stereocenters. The molecule has 0 aliphatic carbocycles. The Morgan fingerprint density at radius 3 is 2.25 bits per heavy atom. The van der Waals surface area contributed by atoms with Crippen LogP contribution in [0.25, 0.3) is 0 Å². The lowest BCUT2D eigenvalue weighted by atomic mass is 10.2. The van der Waals surface area contributed by atoms with Crippen LogP contribution in [-0.2, 0) is 0 Å². The minimum atomic E-state index is -2.20. The molecule has 0 amide bonds. The van der Waals surface area contributed by atoms with Crippen LogP contribution in [0.1, 0.15) is 26.7 Å². The fourth-order valence-corrected chi connectivity index (χ4v) is 0.673. The highest BCUT2D eigenvalue weighted by atomic mass is 19.3. The highest BCUT2D eigenvalue weighted by Gasteiger charge is 2.02. The van der Waals surface area contributed by atoms with Gasteiger partial charge in [-0.15, -0.1) is 0 Å². The average molecular weight is 178 g/mol. The van der Waals surface area contributed by atoms with E-state index in [-0.39, 0.29) is 6.42 Å². The van der Waals surface area contributed by atoms with E-state index in [0.717, 1.165) is 0 Å². The van der Waals surface area contributed by atoms with E-state index >= 15 is 0 Å². The predicted molar refractivity (Wildman–Crippen MR) is 43.6 cm³/mol. The van der Waals surface area contributed by atoms with E-state index in [9.17, 15) is 13.2 Å². The molecule has 0 fully saturated rings. The first-order valence-electron chi connectivity index (χ1n) is 3.90. The molecule has 0 aromatic heterocycles. The maximum absolute atomic E-state index is 12.1. The average Bonchev–Trinajstić information content (AvgIpc) is 1.97. The maximum Gasteiger partial charge on any atom is 0.301 e. The van der Waals surface area contributed by atoms with Gasteiger partial charge in [-0.3, -0.25) is 0 Å². The van der Waals surface area contributed by atoms with Gasteiger partial charge in [0.2, 0.25) is 0 Å². The van der Waals surface area contributed by atoms with Crippen LogP contribution in [0.2, 0.25) is 0 Å². The predicted octanol–water partition coefficient (Wildman–Crippen LogP) is 4.06. The van der Waals surface area contributed by atoms with Crippen molar-refractivity contribution in [2.24, 2.45) is 5.92 Å². The van der Waals surface area contributed by atoms with Gasteiger partial charge < -0.3 is 0 Å². The van der Waals surface area contributed by atoms with Crippen LogP contribution >= 0.6 is 0 Å². The van der Waals surface area contributed by atoms with Crippen molar-refractivity contribution in [2.75, 3.05) is 0 Å². The highest BCUT2D eigenvalue weighted by molar-refractivity contribution is 4.95. The Labute approximate surface area is 70.8 Å². The lowest BCUT2D eigenvalue weighted by Gasteiger charge is -1.93. The third-order valence-corrected chi connectivity index (χ3v) is 1.26. The van der Waals surface area contributed by atoms with Crippen LogP contribution < -0.4 is 0 Å². The molecule has 70 valence electrons. The Hall–Kier alpha value is -0.730. The summed E-state index contributed by atoms with van der Waals surface area (Å²) < 4.78 is 35.1. The number of hydrogen-bond donors (Lipinski definition) is 0. The van der Waals surface area contributed by atoms with Gasteiger partial charge in [-0.2, -0.15) is 8.78 Å². The van der Waals surface area contributed by atoms with E-state index in [1.54, 1.807) is 6.08 Å². The second-order valence-corrected chi connectivity index (χ2v) is 2.88. The zero-order valence-electron chi connectivity index (χ0n) is 7.28. The van der Waals surface area contributed by atoms with Crippen molar-refractivity contribution in [3.63, 3.8) is 0 Å². The molecule has 0 unspecified atom stereocenters. The Morgan fingerprint density at radius 1 is 1.25 bits per heavy atom. The molecule has 0 bridgehead atoms. The Balaban J connectivity index is 3.64. The van der Waals surface area contributed by atoms with Gasteiger partial charge in [-0.1, -0.05) is 26.0 Å².